The minimum Gasteiger partial charge on any atom is -0.346 e. The second kappa shape index (κ2) is 6.89. The fourth-order valence-corrected chi connectivity index (χ4v) is 2.91. The average molecular weight is 274 g/mol. The van der Waals surface area contributed by atoms with Crippen molar-refractivity contribution in [1.29, 1.82) is 0 Å². The molecule has 1 aromatic carbocycles. The predicted molar refractivity (Wildman–Crippen MR) is 82.5 cm³/mol. The molecule has 0 bridgehead atoms. The van der Waals surface area contributed by atoms with Gasteiger partial charge in [0.25, 0.3) is 0 Å². The van der Waals surface area contributed by atoms with Gasteiger partial charge >= 0.3 is 0 Å². The molecule has 1 amide bonds. The SMILES string of the molecule is CC(=O)N(C)CC1CCN(Cc2cccc(C)c2)CC1. The molecular formula is C17H26N2O. The highest BCUT2D eigenvalue weighted by Crippen LogP contribution is 2.20. The van der Waals surface area contributed by atoms with Crippen LogP contribution in [0.3, 0.4) is 0 Å². The van der Waals surface area contributed by atoms with E-state index in [-0.39, 0.29) is 5.91 Å². The molecule has 3 heteroatoms. The molecule has 1 heterocycles. The van der Waals surface area contributed by atoms with Gasteiger partial charge in [0.2, 0.25) is 5.91 Å². The van der Waals surface area contributed by atoms with Gasteiger partial charge in [0.05, 0.1) is 0 Å². The van der Waals surface area contributed by atoms with Crippen molar-refractivity contribution in [3.8, 4) is 0 Å². The lowest BCUT2D eigenvalue weighted by molar-refractivity contribution is -0.128. The Morgan fingerprint density at radius 3 is 2.65 bits per heavy atom. The number of hydrogen-bond donors (Lipinski definition) is 0. The molecule has 0 atom stereocenters. The molecule has 0 unspecified atom stereocenters. The van der Waals surface area contributed by atoms with Gasteiger partial charge in [-0.15, -0.1) is 0 Å². The molecule has 1 aliphatic rings. The Kier molecular flexibility index (Phi) is 5.18. The number of amides is 1. The van der Waals surface area contributed by atoms with E-state index in [1.54, 1.807) is 6.92 Å². The Morgan fingerprint density at radius 2 is 2.05 bits per heavy atom. The van der Waals surface area contributed by atoms with Gasteiger partial charge < -0.3 is 4.90 Å². The maximum atomic E-state index is 11.3. The van der Waals surface area contributed by atoms with Crippen LogP contribution >= 0.6 is 0 Å². The van der Waals surface area contributed by atoms with Crippen molar-refractivity contribution in [2.45, 2.75) is 33.2 Å². The number of rotatable bonds is 4. The van der Waals surface area contributed by atoms with E-state index in [9.17, 15) is 4.79 Å². The van der Waals surface area contributed by atoms with Crippen molar-refractivity contribution in [1.82, 2.24) is 9.80 Å². The molecule has 0 saturated carbocycles. The van der Waals surface area contributed by atoms with Gasteiger partial charge in [-0.1, -0.05) is 29.8 Å². The van der Waals surface area contributed by atoms with E-state index in [0.29, 0.717) is 5.92 Å². The normalized spacial score (nSPS) is 17.1. The van der Waals surface area contributed by atoms with Crippen LogP contribution in [0, 0.1) is 12.8 Å². The minimum absolute atomic E-state index is 0.173. The van der Waals surface area contributed by atoms with Crippen LogP contribution < -0.4 is 0 Å². The third-order valence-corrected chi connectivity index (χ3v) is 4.27. The molecule has 0 aromatic heterocycles. The first-order valence-corrected chi connectivity index (χ1v) is 7.54. The largest absolute Gasteiger partial charge is 0.346 e. The molecule has 0 radical (unpaired) electrons. The Hall–Kier alpha value is -1.35. The van der Waals surface area contributed by atoms with Gasteiger partial charge in [-0.25, -0.2) is 0 Å². The first-order valence-electron chi connectivity index (χ1n) is 7.54. The number of nitrogens with zero attached hydrogens (tertiary/aromatic N) is 2. The van der Waals surface area contributed by atoms with E-state index in [1.807, 2.05) is 11.9 Å². The summed E-state index contributed by atoms with van der Waals surface area (Å²) >= 11 is 0. The first kappa shape index (κ1) is 15.0. The van der Waals surface area contributed by atoms with Crippen molar-refractivity contribution < 1.29 is 4.79 Å². The maximum Gasteiger partial charge on any atom is 0.219 e. The van der Waals surface area contributed by atoms with Crippen molar-refractivity contribution in [3.05, 3.63) is 35.4 Å². The van der Waals surface area contributed by atoms with Crippen molar-refractivity contribution >= 4 is 5.91 Å². The highest BCUT2D eigenvalue weighted by molar-refractivity contribution is 5.72. The molecule has 0 aliphatic carbocycles. The standard InChI is InChI=1S/C17H26N2O/c1-14-5-4-6-17(11-14)13-19-9-7-16(8-10-19)12-18(3)15(2)20/h4-6,11,16H,7-10,12-13H2,1-3H3. The summed E-state index contributed by atoms with van der Waals surface area (Å²) in [6, 6.07) is 8.77. The Labute approximate surface area is 122 Å². The summed E-state index contributed by atoms with van der Waals surface area (Å²) in [4.78, 5) is 15.6. The lowest BCUT2D eigenvalue weighted by atomic mass is 9.96. The van der Waals surface area contributed by atoms with Crippen LogP contribution in [-0.4, -0.2) is 42.4 Å². The molecule has 1 aromatic rings. The third kappa shape index (κ3) is 4.34. The number of benzene rings is 1. The van der Waals surface area contributed by atoms with Gasteiger partial charge in [0.1, 0.15) is 0 Å². The fourth-order valence-electron chi connectivity index (χ4n) is 2.91. The lowest BCUT2D eigenvalue weighted by Crippen LogP contribution is -2.38. The second-order valence-electron chi connectivity index (χ2n) is 6.11. The number of likely N-dealkylation sites (tertiary alicyclic amines) is 1. The number of aryl methyl sites for hydroxylation is 1. The molecule has 20 heavy (non-hydrogen) atoms. The second-order valence-corrected chi connectivity index (χ2v) is 6.11. The van der Waals surface area contributed by atoms with Gasteiger partial charge in [0.15, 0.2) is 0 Å². The molecule has 0 N–H and O–H groups in total. The summed E-state index contributed by atoms with van der Waals surface area (Å²) < 4.78 is 0. The highest BCUT2D eigenvalue weighted by atomic mass is 16.2. The average Bonchev–Trinajstić information content (AvgIpc) is 2.41. The predicted octanol–water partition coefficient (Wildman–Crippen LogP) is 2.69. The van der Waals surface area contributed by atoms with E-state index in [1.165, 1.54) is 24.0 Å². The van der Waals surface area contributed by atoms with Crippen LogP contribution in [0.2, 0.25) is 0 Å². The maximum absolute atomic E-state index is 11.3. The van der Waals surface area contributed by atoms with Gasteiger partial charge in [-0.3, -0.25) is 9.69 Å². The molecular weight excluding hydrogens is 248 g/mol. The highest BCUT2D eigenvalue weighted by Gasteiger charge is 2.21. The van der Waals surface area contributed by atoms with E-state index >= 15 is 0 Å². The molecule has 110 valence electrons. The fraction of sp³-hybridized carbons (Fsp3) is 0.588. The van der Waals surface area contributed by atoms with Crippen LogP contribution in [0.1, 0.15) is 30.9 Å². The Balaban J connectivity index is 1.78. The van der Waals surface area contributed by atoms with Crippen molar-refractivity contribution in [2.24, 2.45) is 5.92 Å². The minimum atomic E-state index is 0.173. The van der Waals surface area contributed by atoms with Crippen molar-refractivity contribution in [2.75, 3.05) is 26.7 Å². The number of carbonyl (C=O) groups excluding carboxylic acids is 1. The smallest absolute Gasteiger partial charge is 0.219 e. The zero-order valence-electron chi connectivity index (χ0n) is 12.9. The summed E-state index contributed by atoms with van der Waals surface area (Å²) in [5.74, 6) is 0.838. The summed E-state index contributed by atoms with van der Waals surface area (Å²) in [6.07, 6.45) is 2.40. The van der Waals surface area contributed by atoms with Crippen LogP contribution in [0.5, 0.6) is 0 Å². The summed E-state index contributed by atoms with van der Waals surface area (Å²) in [5.41, 5.74) is 2.74. The summed E-state index contributed by atoms with van der Waals surface area (Å²) in [7, 11) is 1.90. The van der Waals surface area contributed by atoms with Crippen LogP contribution in [0.15, 0.2) is 24.3 Å². The monoisotopic (exact) mass is 274 g/mol. The van der Waals surface area contributed by atoms with E-state index in [2.05, 4.69) is 36.1 Å². The molecule has 1 aliphatic heterocycles. The van der Waals surface area contributed by atoms with Gasteiger partial charge in [-0.2, -0.15) is 0 Å². The Bertz CT molecular complexity index is 450. The van der Waals surface area contributed by atoms with E-state index in [4.69, 9.17) is 0 Å². The summed E-state index contributed by atoms with van der Waals surface area (Å²) in [5, 5.41) is 0. The lowest BCUT2D eigenvalue weighted by Gasteiger charge is -2.33. The van der Waals surface area contributed by atoms with Crippen LogP contribution in [-0.2, 0) is 11.3 Å². The van der Waals surface area contributed by atoms with Crippen LogP contribution in [0.25, 0.3) is 0 Å². The van der Waals surface area contributed by atoms with Gasteiger partial charge in [-0.05, 0) is 44.3 Å². The van der Waals surface area contributed by atoms with Gasteiger partial charge in [0, 0.05) is 27.1 Å². The van der Waals surface area contributed by atoms with E-state index < -0.39 is 0 Å². The number of carbonyl (C=O) groups is 1. The molecule has 1 saturated heterocycles. The summed E-state index contributed by atoms with van der Waals surface area (Å²) in [6.45, 7) is 8.04. The quantitative estimate of drug-likeness (QED) is 0.843. The molecule has 3 nitrogen and oxygen atoms in total. The molecule has 0 spiro atoms. The molecule has 2 rings (SSSR count). The van der Waals surface area contributed by atoms with E-state index in [0.717, 1.165) is 26.2 Å². The topological polar surface area (TPSA) is 23.6 Å². The Morgan fingerprint density at radius 1 is 1.35 bits per heavy atom. The third-order valence-electron chi connectivity index (χ3n) is 4.27. The first-order chi connectivity index (χ1) is 9.54. The van der Waals surface area contributed by atoms with Crippen LogP contribution in [0.4, 0.5) is 0 Å². The zero-order valence-corrected chi connectivity index (χ0v) is 12.9. The molecule has 1 fully saturated rings. The number of piperidine rings is 1. The van der Waals surface area contributed by atoms with Crippen molar-refractivity contribution in [3.63, 3.8) is 0 Å². The number of hydrogen-bond acceptors (Lipinski definition) is 2. The zero-order chi connectivity index (χ0) is 14.5.